The van der Waals surface area contributed by atoms with Gasteiger partial charge in [-0.05, 0) is 25.7 Å². The summed E-state index contributed by atoms with van der Waals surface area (Å²) < 4.78 is 5.90. The van der Waals surface area contributed by atoms with E-state index in [-0.39, 0.29) is 36.7 Å². The zero-order valence-electron chi connectivity index (χ0n) is 11.7. The van der Waals surface area contributed by atoms with Crippen LogP contribution in [0.1, 0.15) is 45.4 Å². The highest BCUT2D eigenvalue weighted by Crippen LogP contribution is 2.23. The van der Waals surface area contributed by atoms with Gasteiger partial charge in [0, 0.05) is 18.6 Å². The van der Waals surface area contributed by atoms with E-state index in [0.717, 1.165) is 19.3 Å². The predicted molar refractivity (Wildman–Crippen MR) is 73.7 cm³/mol. The number of carbonyl (C=O) groups is 1. The van der Waals surface area contributed by atoms with E-state index >= 15 is 0 Å². The van der Waals surface area contributed by atoms with Crippen molar-refractivity contribution >= 4 is 5.91 Å². The van der Waals surface area contributed by atoms with E-state index in [1.807, 2.05) is 19.1 Å². The minimum absolute atomic E-state index is 0.0114. The molecule has 1 fully saturated rings. The number of nitrogens with one attached hydrogen (secondary N) is 1. The van der Waals surface area contributed by atoms with Crippen molar-refractivity contribution in [2.45, 2.75) is 63.7 Å². The van der Waals surface area contributed by atoms with Gasteiger partial charge >= 0.3 is 0 Å². The van der Waals surface area contributed by atoms with Gasteiger partial charge in [-0.3, -0.25) is 4.79 Å². The molecule has 19 heavy (non-hydrogen) atoms. The molecule has 0 spiro atoms. The summed E-state index contributed by atoms with van der Waals surface area (Å²) >= 11 is 0. The van der Waals surface area contributed by atoms with Gasteiger partial charge in [0.05, 0.1) is 6.10 Å². The van der Waals surface area contributed by atoms with Gasteiger partial charge in [-0.2, -0.15) is 0 Å². The number of aliphatic hydroxyl groups excluding tert-OH is 1. The third kappa shape index (κ3) is 4.05. The number of aliphatic hydroxyl groups is 1. The minimum atomic E-state index is -0.329. The molecule has 0 radical (unpaired) electrons. The molecule has 1 unspecified atom stereocenters. The molecule has 2 aliphatic rings. The number of amides is 1. The van der Waals surface area contributed by atoms with Crippen molar-refractivity contribution in [1.82, 2.24) is 5.32 Å². The van der Waals surface area contributed by atoms with Crippen LogP contribution < -0.4 is 5.32 Å². The van der Waals surface area contributed by atoms with Gasteiger partial charge in [0.1, 0.15) is 6.10 Å². The highest BCUT2D eigenvalue weighted by atomic mass is 16.5. The lowest BCUT2D eigenvalue weighted by Gasteiger charge is -2.22. The van der Waals surface area contributed by atoms with E-state index in [1.165, 1.54) is 12.8 Å². The zero-order valence-corrected chi connectivity index (χ0v) is 11.7. The molecule has 0 aromatic carbocycles. The Morgan fingerprint density at radius 1 is 1.42 bits per heavy atom. The Morgan fingerprint density at radius 2 is 2.16 bits per heavy atom. The van der Waals surface area contributed by atoms with E-state index < -0.39 is 0 Å². The van der Waals surface area contributed by atoms with Crippen LogP contribution in [-0.2, 0) is 9.53 Å². The van der Waals surface area contributed by atoms with Gasteiger partial charge in [0.15, 0.2) is 0 Å². The van der Waals surface area contributed by atoms with Gasteiger partial charge in [0.25, 0.3) is 0 Å². The van der Waals surface area contributed by atoms with Crippen molar-refractivity contribution in [2.75, 3.05) is 6.61 Å². The number of rotatable bonds is 6. The first-order chi connectivity index (χ1) is 9.22. The standard InChI is InChI=1S/C15H25NO3/c1-2-14(19-13-5-3-4-6-13)15(18)16-12-8-7-11(9-12)10-17/h7-8,11-14,17H,2-6,9-10H2,1H3,(H,16,18)/t11-,12+,14?/m0/s1. The molecule has 1 saturated carbocycles. The van der Waals surface area contributed by atoms with E-state index in [1.54, 1.807) is 0 Å². The van der Waals surface area contributed by atoms with Crippen LogP contribution in [0.5, 0.6) is 0 Å². The van der Waals surface area contributed by atoms with E-state index in [4.69, 9.17) is 9.84 Å². The summed E-state index contributed by atoms with van der Waals surface area (Å²) in [6.45, 7) is 2.14. The normalized spacial score (nSPS) is 28.7. The molecule has 108 valence electrons. The summed E-state index contributed by atoms with van der Waals surface area (Å²) in [6.07, 6.45) is 9.98. The SMILES string of the molecule is CCC(OC1CCCC1)C(=O)N[C@@H]1C=C[C@H](CO)C1. The summed E-state index contributed by atoms with van der Waals surface area (Å²) in [5.74, 6) is 0.170. The smallest absolute Gasteiger partial charge is 0.249 e. The highest BCUT2D eigenvalue weighted by Gasteiger charge is 2.27. The van der Waals surface area contributed by atoms with Crippen LogP contribution in [0, 0.1) is 5.92 Å². The summed E-state index contributed by atoms with van der Waals surface area (Å²) in [7, 11) is 0. The van der Waals surface area contributed by atoms with Gasteiger partial charge in [0.2, 0.25) is 5.91 Å². The van der Waals surface area contributed by atoms with E-state index in [2.05, 4.69) is 5.32 Å². The number of carbonyl (C=O) groups excluding carboxylic acids is 1. The van der Waals surface area contributed by atoms with Crippen molar-refractivity contribution in [2.24, 2.45) is 5.92 Å². The second kappa shape index (κ2) is 7.06. The molecule has 1 amide bonds. The Labute approximate surface area is 115 Å². The maximum absolute atomic E-state index is 12.2. The predicted octanol–water partition coefficient (Wildman–Crippen LogP) is 1.78. The third-order valence-electron chi connectivity index (χ3n) is 4.06. The summed E-state index contributed by atoms with van der Waals surface area (Å²) in [6, 6.07) is 0.0471. The molecule has 3 atom stereocenters. The molecule has 2 aliphatic carbocycles. The molecule has 0 aliphatic heterocycles. The zero-order chi connectivity index (χ0) is 13.7. The molecular weight excluding hydrogens is 242 g/mol. The minimum Gasteiger partial charge on any atom is -0.396 e. The number of hydrogen-bond donors (Lipinski definition) is 2. The molecule has 0 bridgehead atoms. The quantitative estimate of drug-likeness (QED) is 0.721. The first-order valence-corrected chi connectivity index (χ1v) is 7.48. The molecule has 0 heterocycles. The van der Waals surface area contributed by atoms with Crippen LogP contribution in [0.3, 0.4) is 0 Å². The van der Waals surface area contributed by atoms with Gasteiger partial charge < -0.3 is 15.2 Å². The lowest BCUT2D eigenvalue weighted by atomic mass is 10.1. The fourth-order valence-electron chi connectivity index (χ4n) is 2.89. The van der Waals surface area contributed by atoms with Crippen molar-refractivity contribution < 1.29 is 14.6 Å². The van der Waals surface area contributed by atoms with Crippen LogP contribution in [0.2, 0.25) is 0 Å². The Bertz CT molecular complexity index is 323. The second-order valence-electron chi connectivity index (χ2n) is 5.62. The van der Waals surface area contributed by atoms with Crippen LogP contribution in [-0.4, -0.2) is 35.9 Å². The Kier molecular flexibility index (Phi) is 5.40. The summed E-state index contributed by atoms with van der Waals surface area (Å²) in [5, 5.41) is 12.1. The lowest BCUT2D eigenvalue weighted by Crippen LogP contribution is -2.42. The first-order valence-electron chi connectivity index (χ1n) is 7.48. The highest BCUT2D eigenvalue weighted by molar-refractivity contribution is 5.81. The number of hydrogen-bond acceptors (Lipinski definition) is 3. The van der Waals surface area contributed by atoms with Gasteiger partial charge in [-0.1, -0.05) is 31.9 Å². The monoisotopic (exact) mass is 267 g/mol. The molecule has 0 aromatic heterocycles. The Hall–Kier alpha value is -0.870. The van der Waals surface area contributed by atoms with Crippen molar-refractivity contribution in [1.29, 1.82) is 0 Å². The Morgan fingerprint density at radius 3 is 2.74 bits per heavy atom. The Balaban J connectivity index is 1.78. The fraction of sp³-hybridized carbons (Fsp3) is 0.800. The van der Waals surface area contributed by atoms with Crippen molar-refractivity contribution in [3.05, 3.63) is 12.2 Å². The van der Waals surface area contributed by atoms with E-state index in [9.17, 15) is 4.79 Å². The second-order valence-corrected chi connectivity index (χ2v) is 5.62. The van der Waals surface area contributed by atoms with E-state index in [0.29, 0.717) is 6.42 Å². The average Bonchev–Trinajstić information content (AvgIpc) is 3.06. The maximum Gasteiger partial charge on any atom is 0.249 e. The topological polar surface area (TPSA) is 58.6 Å². The molecule has 2 rings (SSSR count). The van der Waals surface area contributed by atoms with Crippen LogP contribution in [0.15, 0.2) is 12.2 Å². The summed E-state index contributed by atoms with van der Waals surface area (Å²) in [5.41, 5.74) is 0. The summed E-state index contributed by atoms with van der Waals surface area (Å²) in [4.78, 5) is 12.2. The van der Waals surface area contributed by atoms with Crippen LogP contribution >= 0.6 is 0 Å². The lowest BCUT2D eigenvalue weighted by molar-refractivity contribution is -0.137. The number of ether oxygens (including phenoxy) is 1. The van der Waals surface area contributed by atoms with Crippen LogP contribution in [0.25, 0.3) is 0 Å². The van der Waals surface area contributed by atoms with Crippen molar-refractivity contribution in [3.8, 4) is 0 Å². The largest absolute Gasteiger partial charge is 0.396 e. The van der Waals surface area contributed by atoms with Crippen molar-refractivity contribution in [3.63, 3.8) is 0 Å². The molecule has 4 heteroatoms. The molecule has 0 saturated heterocycles. The average molecular weight is 267 g/mol. The third-order valence-corrected chi connectivity index (χ3v) is 4.06. The fourth-order valence-corrected chi connectivity index (χ4v) is 2.89. The van der Waals surface area contributed by atoms with Crippen LogP contribution in [0.4, 0.5) is 0 Å². The first kappa shape index (κ1) is 14.5. The molecule has 0 aromatic rings. The maximum atomic E-state index is 12.2. The van der Waals surface area contributed by atoms with Gasteiger partial charge in [-0.25, -0.2) is 0 Å². The van der Waals surface area contributed by atoms with Gasteiger partial charge in [-0.15, -0.1) is 0 Å². The molecule has 2 N–H and O–H groups in total. The molecule has 4 nitrogen and oxygen atoms in total. The molecular formula is C15H25NO3.